The standard InChI is InChI=1S/C15H15NO5S/c1-11-7-8-13(14(9-11)22(18,19)20)16-15(17)21-10-12-5-3-2-4-6-12/h2-9H,10H2,1H3,(H,16,17)(H,18,19,20). The fourth-order valence-electron chi connectivity index (χ4n) is 1.82. The molecule has 0 heterocycles. The van der Waals surface area contributed by atoms with E-state index in [9.17, 15) is 17.8 Å². The molecule has 2 aromatic rings. The van der Waals surface area contributed by atoms with E-state index >= 15 is 0 Å². The van der Waals surface area contributed by atoms with Crippen LogP contribution >= 0.6 is 0 Å². The molecule has 0 radical (unpaired) electrons. The third-order valence-electron chi connectivity index (χ3n) is 2.86. The van der Waals surface area contributed by atoms with Gasteiger partial charge in [0.25, 0.3) is 10.1 Å². The van der Waals surface area contributed by atoms with Gasteiger partial charge in [0.05, 0.1) is 5.69 Å². The number of hydrogen-bond donors (Lipinski definition) is 2. The minimum Gasteiger partial charge on any atom is -0.444 e. The first-order valence-corrected chi connectivity index (χ1v) is 7.86. The number of aryl methyl sites for hydroxylation is 1. The van der Waals surface area contributed by atoms with Crippen molar-refractivity contribution in [2.45, 2.75) is 18.4 Å². The molecule has 6 nitrogen and oxygen atoms in total. The number of carbonyl (C=O) groups excluding carboxylic acids is 1. The normalized spacial score (nSPS) is 11.0. The van der Waals surface area contributed by atoms with Gasteiger partial charge in [-0.05, 0) is 30.2 Å². The van der Waals surface area contributed by atoms with Gasteiger partial charge in [0, 0.05) is 0 Å². The van der Waals surface area contributed by atoms with Crippen molar-refractivity contribution in [3.8, 4) is 0 Å². The van der Waals surface area contributed by atoms with Gasteiger partial charge in [0.2, 0.25) is 0 Å². The summed E-state index contributed by atoms with van der Waals surface area (Å²) >= 11 is 0. The van der Waals surface area contributed by atoms with Crippen molar-refractivity contribution in [3.05, 3.63) is 59.7 Å². The van der Waals surface area contributed by atoms with Crippen LogP contribution in [0.3, 0.4) is 0 Å². The Morgan fingerprint density at radius 3 is 2.50 bits per heavy atom. The highest BCUT2D eigenvalue weighted by Crippen LogP contribution is 2.22. The number of hydrogen-bond acceptors (Lipinski definition) is 4. The summed E-state index contributed by atoms with van der Waals surface area (Å²) < 4.78 is 36.9. The number of nitrogens with one attached hydrogen (secondary N) is 1. The first kappa shape index (κ1) is 16.0. The molecule has 2 N–H and O–H groups in total. The lowest BCUT2D eigenvalue weighted by Gasteiger charge is -2.10. The van der Waals surface area contributed by atoms with Gasteiger partial charge < -0.3 is 4.74 Å². The molecule has 2 rings (SSSR count). The largest absolute Gasteiger partial charge is 0.444 e. The fourth-order valence-corrected chi connectivity index (χ4v) is 2.55. The van der Waals surface area contributed by atoms with Crippen LogP contribution in [-0.2, 0) is 21.5 Å². The molecule has 0 aliphatic heterocycles. The van der Waals surface area contributed by atoms with Crippen molar-refractivity contribution in [2.24, 2.45) is 0 Å². The highest BCUT2D eigenvalue weighted by Gasteiger charge is 2.17. The summed E-state index contributed by atoms with van der Waals surface area (Å²) in [5, 5.41) is 2.31. The Balaban J connectivity index is 2.09. The van der Waals surface area contributed by atoms with Crippen LogP contribution in [0.25, 0.3) is 0 Å². The second kappa shape index (κ2) is 6.59. The Kier molecular flexibility index (Phi) is 4.79. The summed E-state index contributed by atoms with van der Waals surface area (Å²) in [5.74, 6) is 0. The van der Waals surface area contributed by atoms with Gasteiger partial charge in [-0.2, -0.15) is 8.42 Å². The van der Waals surface area contributed by atoms with Crippen LogP contribution in [0, 0.1) is 6.92 Å². The second-order valence-corrected chi connectivity index (χ2v) is 6.05. The number of amides is 1. The monoisotopic (exact) mass is 321 g/mol. The van der Waals surface area contributed by atoms with Gasteiger partial charge in [-0.3, -0.25) is 9.87 Å². The van der Waals surface area contributed by atoms with Crippen LogP contribution in [-0.4, -0.2) is 19.1 Å². The summed E-state index contributed by atoms with van der Waals surface area (Å²) in [6.45, 7) is 1.73. The topological polar surface area (TPSA) is 92.7 Å². The predicted molar refractivity (Wildman–Crippen MR) is 81.2 cm³/mol. The highest BCUT2D eigenvalue weighted by atomic mass is 32.2. The van der Waals surface area contributed by atoms with Crippen LogP contribution in [0.2, 0.25) is 0 Å². The zero-order chi connectivity index (χ0) is 16.2. The summed E-state index contributed by atoms with van der Waals surface area (Å²) in [6.07, 6.45) is -0.808. The molecular formula is C15H15NO5S. The van der Waals surface area contributed by atoms with Gasteiger partial charge in [-0.15, -0.1) is 0 Å². The van der Waals surface area contributed by atoms with E-state index < -0.39 is 16.2 Å². The molecule has 0 saturated heterocycles. The Labute approximate surface area is 128 Å². The molecule has 0 bridgehead atoms. The molecule has 0 saturated carbocycles. The number of carbonyl (C=O) groups is 1. The van der Waals surface area contributed by atoms with Crippen LogP contribution < -0.4 is 5.32 Å². The van der Waals surface area contributed by atoms with Gasteiger partial charge in [-0.25, -0.2) is 4.79 Å². The van der Waals surface area contributed by atoms with Crippen LogP contribution in [0.1, 0.15) is 11.1 Å². The molecule has 0 aliphatic carbocycles. The molecule has 0 aromatic heterocycles. The smallest absolute Gasteiger partial charge is 0.411 e. The maximum absolute atomic E-state index is 11.7. The highest BCUT2D eigenvalue weighted by molar-refractivity contribution is 7.86. The van der Waals surface area contributed by atoms with Gasteiger partial charge in [0.15, 0.2) is 0 Å². The zero-order valence-corrected chi connectivity index (χ0v) is 12.6. The third kappa shape index (κ3) is 4.31. The van der Waals surface area contributed by atoms with Crippen molar-refractivity contribution in [3.63, 3.8) is 0 Å². The lowest BCUT2D eigenvalue weighted by molar-refractivity contribution is 0.155. The average molecular weight is 321 g/mol. The van der Waals surface area contributed by atoms with Crippen molar-refractivity contribution < 1.29 is 22.5 Å². The summed E-state index contributed by atoms with van der Waals surface area (Å²) in [6, 6.07) is 13.3. The number of anilines is 1. The van der Waals surface area contributed by atoms with E-state index in [-0.39, 0.29) is 17.2 Å². The minimum atomic E-state index is -4.44. The molecule has 7 heteroatoms. The van der Waals surface area contributed by atoms with E-state index in [1.165, 1.54) is 12.1 Å². The summed E-state index contributed by atoms with van der Waals surface area (Å²) in [4.78, 5) is 11.4. The third-order valence-corrected chi connectivity index (χ3v) is 3.76. The summed E-state index contributed by atoms with van der Waals surface area (Å²) in [5.41, 5.74) is 1.40. The van der Waals surface area contributed by atoms with E-state index in [1.807, 2.05) is 18.2 Å². The lowest BCUT2D eigenvalue weighted by atomic mass is 10.2. The summed E-state index contributed by atoms with van der Waals surface area (Å²) in [7, 11) is -4.44. The zero-order valence-electron chi connectivity index (χ0n) is 11.8. The Bertz CT molecular complexity index is 772. The molecule has 1 amide bonds. The molecule has 116 valence electrons. The van der Waals surface area contributed by atoms with Crippen LogP contribution in [0.4, 0.5) is 10.5 Å². The van der Waals surface area contributed by atoms with Crippen molar-refractivity contribution in [1.82, 2.24) is 0 Å². The van der Waals surface area contributed by atoms with E-state index in [1.54, 1.807) is 25.1 Å². The molecule has 0 aliphatic rings. The Morgan fingerprint density at radius 1 is 1.18 bits per heavy atom. The van der Waals surface area contributed by atoms with E-state index in [2.05, 4.69) is 5.32 Å². The minimum absolute atomic E-state index is 0.0360. The Morgan fingerprint density at radius 2 is 1.86 bits per heavy atom. The van der Waals surface area contributed by atoms with Crippen molar-refractivity contribution in [2.75, 3.05) is 5.32 Å². The number of rotatable bonds is 4. The predicted octanol–water partition coefficient (Wildman–Crippen LogP) is 2.99. The molecule has 0 spiro atoms. The van der Waals surface area contributed by atoms with Crippen molar-refractivity contribution in [1.29, 1.82) is 0 Å². The van der Waals surface area contributed by atoms with Crippen LogP contribution in [0.15, 0.2) is 53.4 Å². The van der Waals surface area contributed by atoms with Crippen molar-refractivity contribution >= 4 is 21.9 Å². The van der Waals surface area contributed by atoms with Gasteiger partial charge in [0.1, 0.15) is 11.5 Å². The van der Waals surface area contributed by atoms with E-state index in [4.69, 9.17) is 4.74 Å². The fraction of sp³-hybridized carbons (Fsp3) is 0.133. The molecule has 0 atom stereocenters. The maximum Gasteiger partial charge on any atom is 0.411 e. The van der Waals surface area contributed by atoms with E-state index in [0.29, 0.717) is 5.56 Å². The molecule has 0 unspecified atom stereocenters. The number of ether oxygens (including phenoxy) is 1. The molecule has 2 aromatic carbocycles. The van der Waals surface area contributed by atoms with Crippen LogP contribution in [0.5, 0.6) is 0 Å². The van der Waals surface area contributed by atoms with Gasteiger partial charge >= 0.3 is 6.09 Å². The maximum atomic E-state index is 11.7. The SMILES string of the molecule is Cc1ccc(NC(=O)OCc2ccccc2)c(S(=O)(=O)O)c1. The van der Waals surface area contributed by atoms with E-state index in [0.717, 1.165) is 5.56 Å². The molecular weight excluding hydrogens is 306 g/mol. The molecule has 0 fully saturated rings. The number of benzene rings is 2. The first-order valence-electron chi connectivity index (χ1n) is 6.42. The molecule has 22 heavy (non-hydrogen) atoms. The quantitative estimate of drug-likeness (QED) is 0.845. The second-order valence-electron chi connectivity index (χ2n) is 4.66. The lowest BCUT2D eigenvalue weighted by Crippen LogP contribution is -2.16. The average Bonchev–Trinajstić information content (AvgIpc) is 2.47. The first-order chi connectivity index (χ1) is 10.4. The van der Waals surface area contributed by atoms with Gasteiger partial charge in [-0.1, -0.05) is 36.4 Å². The Hall–Kier alpha value is -2.38.